The highest BCUT2D eigenvalue weighted by molar-refractivity contribution is 6.46. The van der Waals surface area contributed by atoms with E-state index in [2.05, 4.69) is 4.98 Å². The predicted molar refractivity (Wildman–Crippen MR) is 129 cm³/mol. The zero-order chi connectivity index (χ0) is 25.2. The molecule has 9 heteroatoms. The van der Waals surface area contributed by atoms with Crippen LogP contribution in [0, 0.1) is 0 Å². The minimum Gasteiger partial charge on any atom is -0.507 e. The van der Waals surface area contributed by atoms with E-state index in [1.54, 1.807) is 54.9 Å². The number of aliphatic hydroxyl groups is 1. The number of methoxy groups -OCH3 is 2. The monoisotopic (exact) mass is 488 g/mol. The molecule has 2 aliphatic rings. The van der Waals surface area contributed by atoms with Crippen LogP contribution in [0.2, 0.25) is 0 Å². The van der Waals surface area contributed by atoms with Gasteiger partial charge >= 0.3 is 0 Å². The molecule has 1 saturated heterocycles. The van der Waals surface area contributed by atoms with Crippen LogP contribution in [0.3, 0.4) is 0 Å². The second-order valence-electron chi connectivity index (χ2n) is 8.25. The Labute approximate surface area is 207 Å². The minimum atomic E-state index is -0.941. The zero-order valence-corrected chi connectivity index (χ0v) is 19.8. The normalized spacial score (nSPS) is 18.3. The molecule has 9 nitrogen and oxygen atoms in total. The molecule has 184 valence electrons. The van der Waals surface area contributed by atoms with E-state index in [9.17, 15) is 14.7 Å². The first-order valence-corrected chi connectivity index (χ1v) is 11.3. The molecule has 0 radical (unpaired) electrons. The standard InChI is InChI=1S/C27H24N2O7/c1-33-18-6-8-20(34-2)19(13-18)24-23(25(30)17-5-7-21-22(12-17)36-11-10-35-21)26(31)27(32)29(24)15-16-4-3-9-28-14-16/h3-9,12-14,24,30H,10-11,15H2,1-2H3/b25-23+. The van der Waals surface area contributed by atoms with Gasteiger partial charge in [-0.15, -0.1) is 0 Å². The number of aliphatic hydroxyl groups excluding tert-OH is 1. The lowest BCUT2D eigenvalue weighted by Crippen LogP contribution is -2.29. The van der Waals surface area contributed by atoms with Crippen molar-refractivity contribution in [2.24, 2.45) is 0 Å². The summed E-state index contributed by atoms with van der Waals surface area (Å²) in [6.07, 6.45) is 3.25. The number of amides is 1. The number of pyridine rings is 1. The SMILES string of the molecule is COc1ccc(OC)c(C2/C(=C(\O)c3ccc4c(c3)OCCO4)C(=O)C(=O)N2Cc2cccnc2)c1. The molecule has 0 saturated carbocycles. The Balaban J connectivity index is 1.69. The Bertz CT molecular complexity index is 1350. The number of aromatic nitrogens is 1. The van der Waals surface area contributed by atoms with Crippen molar-refractivity contribution in [1.82, 2.24) is 9.88 Å². The highest BCUT2D eigenvalue weighted by Gasteiger charge is 2.47. The number of ketones is 1. The highest BCUT2D eigenvalue weighted by Crippen LogP contribution is 2.45. The lowest BCUT2D eigenvalue weighted by molar-refractivity contribution is -0.140. The number of ether oxygens (including phenoxy) is 4. The predicted octanol–water partition coefficient (Wildman–Crippen LogP) is 3.49. The Morgan fingerprint density at radius 1 is 1.06 bits per heavy atom. The summed E-state index contributed by atoms with van der Waals surface area (Å²) in [6, 6.07) is 12.6. The van der Waals surface area contributed by atoms with Gasteiger partial charge in [0.25, 0.3) is 11.7 Å². The van der Waals surface area contributed by atoms with Crippen molar-refractivity contribution in [3.05, 3.63) is 83.2 Å². The lowest BCUT2D eigenvalue weighted by Gasteiger charge is -2.27. The summed E-state index contributed by atoms with van der Waals surface area (Å²) in [6.45, 7) is 0.891. The van der Waals surface area contributed by atoms with Gasteiger partial charge < -0.3 is 29.0 Å². The summed E-state index contributed by atoms with van der Waals surface area (Å²) in [7, 11) is 3.02. The Hall–Kier alpha value is -4.53. The quantitative estimate of drug-likeness (QED) is 0.319. The molecule has 0 spiro atoms. The van der Waals surface area contributed by atoms with Crippen molar-refractivity contribution >= 4 is 17.4 Å². The van der Waals surface area contributed by atoms with Crippen LogP contribution in [0.15, 0.2) is 66.5 Å². The molecule has 36 heavy (non-hydrogen) atoms. The number of hydrogen-bond donors (Lipinski definition) is 1. The second-order valence-corrected chi connectivity index (χ2v) is 8.25. The average molecular weight is 488 g/mol. The van der Waals surface area contributed by atoms with Crippen molar-refractivity contribution in [2.45, 2.75) is 12.6 Å². The van der Waals surface area contributed by atoms with Crippen LogP contribution in [-0.4, -0.2) is 54.1 Å². The first-order chi connectivity index (χ1) is 17.5. The lowest BCUT2D eigenvalue weighted by atomic mass is 9.94. The number of carbonyl (C=O) groups excluding carboxylic acids is 2. The van der Waals surface area contributed by atoms with Crippen LogP contribution in [0.5, 0.6) is 23.0 Å². The smallest absolute Gasteiger partial charge is 0.295 e. The molecule has 1 fully saturated rings. The molecule has 3 heterocycles. The number of likely N-dealkylation sites (tertiary alicyclic amines) is 1. The fourth-order valence-corrected chi connectivity index (χ4v) is 4.45. The van der Waals surface area contributed by atoms with E-state index >= 15 is 0 Å². The third kappa shape index (κ3) is 4.08. The summed E-state index contributed by atoms with van der Waals surface area (Å²) in [4.78, 5) is 32.2. The van der Waals surface area contributed by atoms with E-state index in [-0.39, 0.29) is 17.9 Å². The molecule has 1 atom stereocenters. The Morgan fingerprint density at radius 3 is 2.58 bits per heavy atom. The largest absolute Gasteiger partial charge is 0.507 e. The Kier molecular flexibility index (Phi) is 6.20. The number of carbonyl (C=O) groups is 2. The molecule has 1 unspecified atom stereocenters. The highest BCUT2D eigenvalue weighted by atomic mass is 16.6. The molecular weight excluding hydrogens is 464 g/mol. The number of fused-ring (bicyclic) bond motifs is 1. The van der Waals surface area contributed by atoms with Gasteiger partial charge in [0.2, 0.25) is 0 Å². The fraction of sp³-hybridized carbons (Fsp3) is 0.222. The van der Waals surface area contributed by atoms with Crippen LogP contribution < -0.4 is 18.9 Å². The zero-order valence-electron chi connectivity index (χ0n) is 19.8. The third-order valence-corrected chi connectivity index (χ3v) is 6.16. The molecule has 0 bridgehead atoms. The van der Waals surface area contributed by atoms with Crippen molar-refractivity contribution in [3.8, 4) is 23.0 Å². The number of hydrogen-bond acceptors (Lipinski definition) is 8. The average Bonchev–Trinajstić information content (AvgIpc) is 3.17. The molecule has 1 aromatic heterocycles. The first-order valence-electron chi connectivity index (χ1n) is 11.3. The van der Waals surface area contributed by atoms with E-state index in [0.29, 0.717) is 47.3 Å². The molecule has 2 aliphatic heterocycles. The van der Waals surface area contributed by atoms with Gasteiger partial charge in [0.15, 0.2) is 11.5 Å². The summed E-state index contributed by atoms with van der Waals surface area (Å²) in [5, 5.41) is 11.4. The van der Waals surface area contributed by atoms with E-state index in [1.807, 2.05) is 6.07 Å². The van der Waals surface area contributed by atoms with E-state index in [0.717, 1.165) is 5.56 Å². The van der Waals surface area contributed by atoms with Crippen molar-refractivity contribution < 1.29 is 33.6 Å². The van der Waals surface area contributed by atoms with Gasteiger partial charge in [-0.2, -0.15) is 0 Å². The first kappa shape index (κ1) is 23.2. The molecule has 2 aromatic carbocycles. The summed E-state index contributed by atoms with van der Waals surface area (Å²) in [5.41, 5.74) is 1.49. The topological polar surface area (TPSA) is 107 Å². The maximum Gasteiger partial charge on any atom is 0.295 e. The molecule has 1 N–H and O–H groups in total. The van der Waals surface area contributed by atoms with Gasteiger partial charge in [0.1, 0.15) is 30.5 Å². The molecule has 1 amide bonds. The number of Topliss-reactive ketones (excluding diaryl/α,β-unsaturated/α-hetero) is 1. The van der Waals surface area contributed by atoms with E-state index in [4.69, 9.17) is 18.9 Å². The van der Waals surface area contributed by atoms with Gasteiger partial charge in [-0.1, -0.05) is 6.07 Å². The van der Waals surface area contributed by atoms with Crippen LogP contribution >= 0.6 is 0 Å². The summed E-state index contributed by atoms with van der Waals surface area (Å²) >= 11 is 0. The van der Waals surface area contributed by atoms with E-state index in [1.165, 1.54) is 19.1 Å². The van der Waals surface area contributed by atoms with Gasteiger partial charge in [-0.25, -0.2) is 0 Å². The molecular formula is C27H24N2O7. The molecule has 0 aliphatic carbocycles. The number of nitrogens with zero attached hydrogens (tertiary/aromatic N) is 2. The van der Waals surface area contributed by atoms with Gasteiger partial charge in [-0.3, -0.25) is 14.6 Å². The van der Waals surface area contributed by atoms with E-state index < -0.39 is 17.7 Å². The van der Waals surface area contributed by atoms with Crippen molar-refractivity contribution in [1.29, 1.82) is 0 Å². The van der Waals surface area contributed by atoms with Crippen LogP contribution in [0.1, 0.15) is 22.7 Å². The number of benzene rings is 2. The van der Waals surface area contributed by atoms with Crippen molar-refractivity contribution in [3.63, 3.8) is 0 Å². The maximum atomic E-state index is 13.4. The van der Waals surface area contributed by atoms with Gasteiger partial charge in [0.05, 0.1) is 25.8 Å². The molecule has 3 aromatic rings. The third-order valence-electron chi connectivity index (χ3n) is 6.16. The Morgan fingerprint density at radius 2 is 1.86 bits per heavy atom. The minimum absolute atomic E-state index is 0.0629. The van der Waals surface area contributed by atoms with Crippen LogP contribution in [-0.2, 0) is 16.1 Å². The van der Waals surface area contributed by atoms with Gasteiger partial charge in [0, 0.05) is 30.1 Å². The van der Waals surface area contributed by atoms with Crippen molar-refractivity contribution in [2.75, 3.05) is 27.4 Å². The number of rotatable bonds is 6. The molecule has 5 rings (SSSR count). The van der Waals surface area contributed by atoms with Crippen LogP contribution in [0.25, 0.3) is 5.76 Å². The second kappa shape index (κ2) is 9.61. The maximum absolute atomic E-state index is 13.4. The summed E-state index contributed by atoms with van der Waals surface area (Å²) in [5.74, 6) is 0.0677. The van der Waals surface area contributed by atoms with Gasteiger partial charge in [-0.05, 0) is 48.0 Å². The van der Waals surface area contributed by atoms with Crippen LogP contribution in [0.4, 0.5) is 0 Å². The summed E-state index contributed by atoms with van der Waals surface area (Å²) < 4.78 is 22.2. The fourth-order valence-electron chi connectivity index (χ4n) is 4.45.